The van der Waals surface area contributed by atoms with Crippen molar-refractivity contribution in [2.24, 2.45) is 0 Å². The quantitative estimate of drug-likeness (QED) is 0.658. The van der Waals surface area contributed by atoms with Crippen molar-refractivity contribution in [3.8, 4) is 11.3 Å². The van der Waals surface area contributed by atoms with Gasteiger partial charge in [-0.25, -0.2) is 23.7 Å². The third-order valence-electron chi connectivity index (χ3n) is 5.83. The number of hydrogen-bond acceptors (Lipinski definition) is 7. The van der Waals surface area contributed by atoms with Crippen molar-refractivity contribution in [2.45, 2.75) is 44.6 Å². The van der Waals surface area contributed by atoms with Gasteiger partial charge in [-0.15, -0.1) is 0 Å². The average Bonchev–Trinajstić information content (AvgIpc) is 3.15. The third kappa shape index (κ3) is 3.54. The van der Waals surface area contributed by atoms with Gasteiger partial charge in [0.05, 0.1) is 43.1 Å². The summed E-state index contributed by atoms with van der Waals surface area (Å²) in [4.78, 5) is 12.7. The Morgan fingerprint density at radius 1 is 1.16 bits per heavy atom. The number of benzene rings is 1. The number of anilines is 1. The second kappa shape index (κ2) is 7.77. The van der Waals surface area contributed by atoms with E-state index in [1.54, 1.807) is 6.07 Å². The van der Waals surface area contributed by atoms with Crippen LogP contribution in [0.2, 0.25) is 0 Å². The highest BCUT2D eigenvalue weighted by Crippen LogP contribution is 2.35. The second-order valence-electron chi connectivity index (χ2n) is 8.06. The van der Waals surface area contributed by atoms with E-state index in [1.165, 1.54) is 6.07 Å². The van der Waals surface area contributed by atoms with E-state index in [-0.39, 0.29) is 47.5 Å². The van der Waals surface area contributed by atoms with Gasteiger partial charge in [-0.1, -0.05) is 0 Å². The van der Waals surface area contributed by atoms with Crippen LogP contribution in [-0.2, 0) is 9.47 Å². The number of nitrogens with zero attached hydrogens (tertiary/aromatic N) is 4. The van der Waals surface area contributed by atoms with Crippen LogP contribution in [0.25, 0.3) is 22.3 Å². The Balaban J connectivity index is 1.57. The number of aliphatic hydroxyl groups excluding tert-OH is 1. The van der Waals surface area contributed by atoms with E-state index in [4.69, 9.17) is 9.47 Å². The summed E-state index contributed by atoms with van der Waals surface area (Å²) in [7, 11) is 0. The van der Waals surface area contributed by atoms with E-state index in [9.17, 15) is 13.9 Å². The lowest BCUT2D eigenvalue weighted by atomic mass is 10.1. The van der Waals surface area contributed by atoms with Gasteiger partial charge in [-0.3, -0.25) is 0 Å². The van der Waals surface area contributed by atoms with Gasteiger partial charge in [-0.05, 0) is 32.4 Å². The van der Waals surface area contributed by atoms with Gasteiger partial charge in [0.2, 0.25) is 5.95 Å². The van der Waals surface area contributed by atoms with Crippen molar-refractivity contribution in [2.75, 3.05) is 25.1 Å². The Morgan fingerprint density at radius 2 is 2.00 bits per heavy atom. The molecule has 4 atom stereocenters. The predicted octanol–water partition coefficient (Wildman–Crippen LogP) is 2.99. The molecule has 2 aliphatic rings. The maximum atomic E-state index is 15.0. The zero-order valence-corrected chi connectivity index (χ0v) is 17.2. The highest BCUT2D eigenvalue weighted by atomic mass is 19.1. The van der Waals surface area contributed by atoms with E-state index < -0.39 is 17.7 Å². The van der Waals surface area contributed by atoms with Gasteiger partial charge < -0.3 is 24.5 Å². The summed E-state index contributed by atoms with van der Waals surface area (Å²) in [5.74, 6) is -0.418. The summed E-state index contributed by atoms with van der Waals surface area (Å²) in [5, 5.41) is 13.1. The Labute approximate surface area is 177 Å². The minimum Gasteiger partial charge on any atom is -0.389 e. The molecule has 8 nitrogen and oxygen atoms in total. The fourth-order valence-corrected chi connectivity index (χ4v) is 4.19. The zero-order valence-electron chi connectivity index (χ0n) is 17.2. The molecule has 0 saturated carbocycles. The Morgan fingerprint density at radius 3 is 2.81 bits per heavy atom. The Bertz CT molecular complexity index is 1140. The van der Waals surface area contributed by atoms with Crippen molar-refractivity contribution in [3.63, 3.8) is 0 Å². The molecule has 10 heteroatoms. The third-order valence-corrected chi connectivity index (χ3v) is 5.83. The Hall–Kier alpha value is -2.69. The summed E-state index contributed by atoms with van der Waals surface area (Å²) in [5.41, 5.74) is 1.05. The number of ether oxygens (including phenoxy) is 2. The lowest BCUT2D eigenvalue weighted by Gasteiger charge is -2.28. The SMILES string of the molecule is CC1OCC(C)n2c1nc1c(F)cc(-c3nc(N[C@@H]4CCOC[C@H]4O)ncc3F)cc12. The van der Waals surface area contributed by atoms with Crippen molar-refractivity contribution in [1.82, 2.24) is 19.5 Å². The topological polar surface area (TPSA) is 94.3 Å². The first-order valence-corrected chi connectivity index (χ1v) is 10.3. The lowest BCUT2D eigenvalue weighted by Crippen LogP contribution is -2.42. The number of aliphatic hydroxyl groups is 1. The molecule has 0 radical (unpaired) electrons. The van der Waals surface area contributed by atoms with Crippen LogP contribution in [0.1, 0.15) is 38.2 Å². The highest BCUT2D eigenvalue weighted by molar-refractivity contribution is 5.83. The molecule has 31 heavy (non-hydrogen) atoms. The van der Waals surface area contributed by atoms with E-state index in [0.29, 0.717) is 31.0 Å². The molecule has 1 aromatic carbocycles. The average molecular weight is 431 g/mol. The second-order valence-corrected chi connectivity index (χ2v) is 8.06. The minimum atomic E-state index is -0.719. The van der Waals surface area contributed by atoms with Gasteiger partial charge >= 0.3 is 0 Å². The number of aromatic nitrogens is 4. The number of nitrogens with one attached hydrogen (secondary N) is 1. The molecule has 4 heterocycles. The molecule has 0 amide bonds. The molecule has 164 valence electrons. The van der Waals surface area contributed by atoms with Crippen LogP contribution in [0, 0.1) is 11.6 Å². The van der Waals surface area contributed by atoms with Crippen LogP contribution >= 0.6 is 0 Å². The minimum absolute atomic E-state index is 0.0249. The molecule has 1 saturated heterocycles. The van der Waals surface area contributed by atoms with Crippen LogP contribution in [0.15, 0.2) is 18.3 Å². The molecule has 0 bridgehead atoms. The standard InChI is InChI=1S/C21H23F2N5O3/c1-10-8-31-11(2)20-26-19-13(22)5-12(6-16(19)28(10)20)18-14(23)7-24-21(27-18)25-15-3-4-30-9-17(15)29/h5-7,10-11,15,17,29H,3-4,8-9H2,1-2H3,(H,24,25,27)/t10?,11?,15-,17-/m1/s1. The largest absolute Gasteiger partial charge is 0.389 e. The van der Waals surface area contributed by atoms with Crippen LogP contribution in [0.5, 0.6) is 0 Å². The van der Waals surface area contributed by atoms with Crippen LogP contribution in [0.3, 0.4) is 0 Å². The number of rotatable bonds is 3. The number of imidazole rings is 1. The van der Waals surface area contributed by atoms with Gasteiger partial charge in [0, 0.05) is 12.2 Å². The molecule has 3 aromatic rings. The summed E-state index contributed by atoms with van der Waals surface area (Å²) in [6, 6.07) is 2.58. The molecule has 2 unspecified atom stereocenters. The molecule has 2 aromatic heterocycles. The van der Waals surface area contributed by atoms with Gasteiger partial charge in [0.1, 0.15) is 23.1 Å². The number of hydrogen-bond donors (Lipinski definition) is 2. The Kier molecular flexibility index (Phi) is 5.07. The van der Waals surface area contributed by atoms with Crippen molar-refractivity contribution in [1.29, 1.82) is 0 Å². The van der Waals surface area contributed by atoms with Crippen LogP contribution < -0.4 is 5.32 Å². The van der Waals surface area contributed by atoms with Crippen LogP contribution in [0.4, 0.5) is 14.7 Å². The van der Waals surface area contributed by atoms with Gasteiger partial charge in [0.25, 0.3) is 0 Å². The first-order chi connectivity index (χ1) is 14.9. The summed E-state index contributed by atoms with van der Waals surface area (Å²) in [6.07, 6.45) is 0.633. The van der Waals surface area contributed by atoms with Crippen molar-refractivity contribution >= 4 is 17.0 Å². The van der Waals surface area contributed by atoms with Crippen molar-refractivity contribution < 1.29 is 23.4 Å². The normalized spacial score (nSPS) is 26.1. The van der Waals surface area contributed by atoms with Crippen LogP contribution in [-0.4, -0.2) is 56.6 Å². The molecule has 5 rings (SSSR count). The van der Waals surface area contributed by atoms with Gasteiger partial charge in [-0.2, -0.15) is 0 Å². The molecule has 0 spiro atoms. The van der Waals surface area contributed by atoms with E-state index in [0.717, 1.165) is 6.20 Å². The summed E-state index contributed by atoms with van der Waals surface area (Å²) >= 11 is 0. The summed E-state index contributed by atoms with van der Waals surface area (Å²) < 4.78 is 42.5. The summed E-state index contributed by atoms with van der Waals surface area (Å²) in [6.45, 7) is 5.02. The maximum absolute atomic E-state index is 15.0. The predicted molar refractivity (Wildman–Crippen MR) is 109 cm³/mol. The number of fused-ring (bicyclic) bond motifs is 3. The van der Waals surface area contributed by atoms with Gasteiger partial charge in [0.15, 0.2) is 11.6 Å². The molecule has 0 aliphatic carbocycles. The molecule has 1 fully saturated rings. The van der Waals surface area contributed by atoms with Crippen molar-refractivity contribution in [3.05, 3.63) is 35.8 Å². The molecule has 2 aliphatic heterocycles. The first kappa shape index (κ1) is 20.2. The lowest BCUT2D eigenvalue weighted by molar-refractivity contribution is -0.0136. The smallest absolute Gasteiger partial charge is 0.223 e. The fraction of sp³-hybridized carbons (Fsp3) is 0.476. The first-order valence-electron chi connectivity index (χ1n) is 10.3. The number of halogens is 2. The monoisotopic (exact) mass is 431 g/mol. The molecule has 2 N–H and O–H groups in total. The van der Waals surface area contributed by atoms with E-state index in [1.807, 2.05) is 18.4 Å². The zero-order chi connectivity index (χ0) is 21.7. The maximum Gasteiger partial charge on any atom is 0.223 e. The van der Waals surface area contributed by atoms with E-state index >= 15 is 0 Å². The van der Waals surface area contributed by atoms with E-state index in [2.05, 4.69) is 20.3 Å². The fourth-order valence-electron chi connectivity index (χ4n) is 4.19. The highest BCUT2D eigenvalue weighted by Gasteiger charge is 2.28. The molecular formula is C21H23F2N5O3. The molecular weight excluding hydrogens is 408 g/mol.